The van der Waals surface area contributed by atoms with E-state index < -0.39 is 0 Å². The van der Waals surface area contributed by atoms with Crippen LogP contribution in [-0.2, 0) is 13.6 Å². The van der Waals surface area contributed by atoms with E-state index >= 15 is 0 Å². The number of rotatable bonds is 2. The largest absolute Gasteiger partial charge is 0.334 e. The van der Waals surface area contributed by atoms with E-state index in [2.05, 4.69) is 24.3 Å². The lowest BCUT2D eigenvalue weighted by Gasteiger charge is -2.34. The number of carbonyl (C=O) groups is 1. The molecule has 1 saturated heterocycles. The molecule has 2 amide bonds. The highest BCUT2D eigenvalue weighted by Gasteiger charge is 2.25. The topological polar surface area (TPSA) is 50.2 Å². The van der Waals surface area contributed by atoms with Gasteiger partial charge in [0.05, 0.1) is 6.20 Å². The first-order valence-electron chi connectivity index (χ1n) is 6.55. The highest BCUT2D eigenvalue weighted by atomic mass is 16.2. The van der Waals surface area contributed by atoms with E-state index in [0.717, 1.165) is 18.7 Å². The predicted octanol–water partition coefficient (Wildman–Crippen LogP) is 1.61. The fraction of sp³-hybridized carbons (Fsp3) is 0.692. The van der Waals surface area contributed by atoms with Crippen LogP contribution in [0.2, 0.25) is 0 Å². The third-order valence-corrected chi connectivity index (χ3v) is 3.36. The van der Waals surface area contributed by atoms with Gasteiger partial charge in [-0.1, -0.05) is 13.8 Å². The Morgan fingerprint density at radius 1 is 1.44 bits per heavy atom. The van der Waals surface area contributed by atoms with Crippen LogP contribution in [0.4, 0.5) is 4.79 Å². The van der Waals surface area contributed by atoms with Crippen LogP contribution in [-0.4, -0.2) is 33.8 Å². The van der Waals surface area contributed by atoms with Crippen molar-refractivity contribution >= 4 is 6.03 Å². The molecule has 0 aliphatic carbocycles. The van der Waals surface area contributed by atoms with Crippen molar-refractivity contribution in [3.05, 3.63) is 18.0 Å². The van der Waals surface area contributed by atoms with Gasteiger partial charge in [-0.25, -0.2) is 4.79 Å². The van der Waals surface area contributed by atoms with E-state index in [1.54, 1.807) is 10.9 Å². The number of hydrogen-bond donors (Lipinski definition) is 1. The maximum Gasteiger partial charge on any atom is 0.317 e. The molecule has 1 aromatic rings. The van der Waals surface area contributed by atoms with Gasteiger partial charge in [-0.2, -0.15) is 5.10 Å². The van der Waals surface area contributed by atoms with Crippen LogP contribution in [0.1, 0.15) is 25.8 Å². The molecule has 5 nitrogen and oxygen atoms in total. The standard InChI is InChI=1S/C13H22N4O/c1-10-4-11(2)8-17(7-10)13(18)14-5-12-6-15-16(3)9-12/h6,9-11H,4-5,7-8H2,1-3H3,(H,14,18). The summed E-state index contributed by atoms with van der Waals surface area (Å²) in [5.41, 5.74) is 1.03. The monoisotopic (exact) mass is 250 g/mol. The summed E-state index contributed by atoms with van der Waals surface area (Å²) in [6, 6.07) is 0.0391. The number of amides is 2. The van der Waals surface area contributed by atoms with Gasteiger partial charge in [0, 0.05) is 38.4 Å². The lowest BCUT2D eigenvalue weighted by Crippen LogP contribution is -2.47. The van der Waals surface area contributed by atoms with Crippen molar-refractivity contribution < 1.29 is 4.79 Å². The number of nitrogens with one attached hydrogen (secondary N) is 1. The van der Waals surface area contributed by atoms with Crippen LogP contribution >= 0.6 is 0 Å². The molecule has 1 fully saturated rings. The molecular weight excluding hydrogens is 228 g/mol. The van der Waals surface area contributed by atoms with E-state index in [4.69, 9.17) is 0 Å². The molecule has 0 saturated carbocycles. The number of aryl methyl sites for hydroxylation is 1. The average molecular weight is 250 g/mol. The zero-order valence-electron chi connectivity index (χ0n) is 11.4. The average Bonchev–Trinajstić information content (AvgIpc) is 2.70. The van der Waals surface area contributed by atoms with Crippen molar-refractivity contribution in [1.82, 2.24) is 20.0 Å². The summed E-state index contributed by atoms with van der Waals surface area (Å²) in [7, 11) is 1.87. The summed E-state index contributed by atoms with van der Waals surface area (Å²) in [6.07, 6.45) is 4.91. The SMILES string of the molecule is CC1CC(C)CN(C(=O)NCc2cnn(C)c2)C1. The van der Waals surface area contributed by atoms with Gasteiger partial charge in [-0.3, -0.25) is 4.68 Å². The molecule has 0 radical (unpaired) electrons. The Morgan fingerprint density at radius 2 is 2.11 bits per heavy atom. The number of aromatic nitrogens is 2. The Kier molecular flexibility index (Phi) is 3.89. The smallest absolute Gasteiger partial charge is 0.317 e. The van der Waals surface area contributed by atoms with Crippen LogP contribution in [0.25, 0.3) is 0 Å². The fourth-order valence-electron chi connectivity index (χ4n) is 2.68. The molecule has 18 heavy (non-hydrogen) atoms. The third kappa shape index (κ3) is 3.24. The van der Waals surface area contributed by atoms with Crippen molar-refractivity contribution in [2.45, 2.75) is 26.8 Å². The number of likely N-dealkylation sites (tertiary alicyclic amines) is 1. The predicted molar refractivity (Wildman–Crippen MR) is 70.0 cm³/mol. The Hall–Kier alpha value is -1.52. The third-order valence-electron chi connectivity index (χ3n) is 3.36. The number of urea groups is 1. The lowest BCUT2D eigenvalue weighted by atomic mass is 9.92. The van der Waals surface area contributed by atoms with E-state index in [-0.39, 0.29) is 6.03 Å². The van der Waals surface area contributed by atoms with E-state index in [1.807, 2.05) is 18.1 Å². The van der Waals surface area contributed by atoms with Gasteiger partial charge in [-0.15, -0.1) is 0 Å². The second-order valence-electron chi connectivity index (χ2n) is 5.53. The van der Waals surface area contributed by atoms with Gasteiger partial charge in [0.25, 0.3) is 0 Å². The molecule has 2 heterocycles. The van der Waals surface area contributed by atoms with Crippen LogP contribution < -0.4 is 5.32 Å². The van der Waals surface area contributed by atoms with Crippen LogP contribution in [0, 0.1) is 11.8 Å². The second-order valence-corrected chi connectivity index (χ2v) is 5.53. The van der Waals surface area contributed by atoms with Gasteiger partial charge < -0.3 is 10.2 Å². The van der Waals surface area contributed by atoms with Crippen LogP contribution in [0.3, 0.4) is 0 Å². The van der Waals surface area contributed by atoms with Gasteiger partial charge in [0.2, 0.25) is 0 Å². The highest BCUT2D eigenvalue weighted by Crippen LogP contribution is 2.20. The summed E-state index contributed by atoms with van der Waals surface area (Å²) in [6.45, 7) is 6.69. The first-order valence-corrected chi connectivity index (χ1v) is 6.55. The van der Waals surface area contributed by atoms with Gasteiger partial charge in [0.1, 0.15) is 0 Å². The Balaban J connectivity index is 1.84. The minimum Gasteiger partial charge on any atom is -0.334 e. The van der Waals surface area contributed by atoms with Gasteiger partial charge in [-0.05, 0) is 18.3 Å². The summed E-state index contributed by atoms with van der Waals surface area (Å²) in [5.74, 6) is 1.19. The zero-order chi connectivity index (χ0) is 13.1. The minimum absolute atomic E-state index is 0.0391. The molecule has 1 aromatic heterocycles. The molecule has 1 aliphatic rings. The fourth-order valence-corrected chi connectivity index (χ4v) is 2.68. The van der Waals surface area contributed by atoms with Crippen molar-refractivity contribution in [1.29, 1.82) is 0 Å². The van der Waals surface area contributed by atoms with E-state index in [1.165, 1.54) is 6.42 Å². The Bertz CT molecular complexity index is 405. The van der Waals surface area contributed by atoms with E-state index in [0.29, 0.717) is 18.4 Å². The minimum atomic E-state index is 0.0391. The highest BCUT2D eigenvalue weighted by molar-refractivity contribution is 5.74. The molecule has 5 heteroatoms. The number of nitrogens with zero attached hydrogens (tertiary/aromatic N) is 3. The van der Waals surface area contributed by atoms with Gasteiger partial charge >= 0.3 is 6.03 Å². The maximum absolute atomic E-state index is 12.1. The van der Waals surface area contributed by atoms with Crippen molar-refractivity contribution in [2.75, 3.05) is 13.1 Å². The van der Waals surface area contributed by atoms with Gasteiger partial charge in [0.15, 0.2) is 0 Å². The zero-order valence-corrected chi connectivity index (χ0v) is 11.4. The van der Waals surface area contributed by atoms with Crippen molar-refractivity contribution in [2.24, 2.45) is 18.9 Å². The first kappa shape index (κ1) is 12.9. The quantitative estimate of drug-likeness (QED) is 0.867. The number of piperidine rings is 1. The molecule has 2 atom stereocenters. The summed E-state index contributed by atoms with van der Waals surface area (Å²) in [5, 5.41) is 7.04. The lowest BCUT2D eigenvalue weighted by molar-refractivity contribution is 0.146. The Labute approximate surface area is 108 Å². The first-order chi connectivity index (χ1) is 8.54. The maximum atomic E-state index is 12.1. The number of carbonyl (C=O) groups excluding carboxylic acids is 1. The molecule has 100 valence electrons. The second kappa shape index (κ2) is 5.42. The molecular formula is C13H22N4O. The van der Waals surface area contributed by atoms with Crippen LogP contribution in [0.15, 0.2) is 12.4 Å². The molecule has 1 N–H and O–H groups in total. The molecule has 1 aliphatic heterocycles. The molecule has 0 aromatic carbocycles. The summed E-state index contributed by atoms with van der Waals surface area (Å²) >= 11 is 0. The normalized spacial score (nSPS) is 24.1. The molecule has 0 spiro atoms. The van der Waals surface area contributed by atoms with E-state index in [9.17, 15) is 4.79 Å². The van der Waals surface area contributed by atoms with Crippen LogP contribution in [0.5, 0.6) is 0 Å². The van der Waals surface area contributed by atoms with Crippen molar-refractivity contribution in [3.63, 3.8) is 0 Å². The molecule has 0 bridgehead atoms. The summed E-state index contributed by atoms with van der Waals surface area (Å²) in [4.78, 5) is 14.0. The molecule has 2 unspecified atom stereocenters. The Morgan fingerprint density at radius 3 is 2.67 bits per heavy atom. The molecule has 2 rings (SSSR count). The number of hydrogen-bond acceptors (Lipinski definition) is 2. The summed E-state index contributed by atoms with van der Waals surface area (Å²) < 4.78 is 1.74. The van der Waals surface area contributed by atoms with Crippen molar-refractivity contribution in [3.8, 4) is 0 Å².